The number of hydrogen-bond donors (Lipinski definition) is 0. The van der Waals surface area contributed by atoms with Crippen molar-refractivity contribution in [2.75, 3.05) is 0 Å². The molecule has 0 aliphatic heterocycles. The van der Waals surface area contributed by atoms with Crippen molar-refractivity contribution < 1.29 is 0 Å². The second-order valence-corrected chi connectivity index (χ2v) is 5.48. The zero-order valence-corrected chi connectivity index (χ0v) is 13.2. The third-order valence-corrected chi connectivity index (χ3v) is 3.81. The molecular weight excluding hydrogens is 308 g/mol. The zero-order chi connectivity index (χ0) is 17.1. The van der Waals surface area contributed by atoms with Gasteiger partial charge in [0.05, 0.1) is 22.8 Å². The van der Waals surface area contributed by atoms with Crippen LogP contribution in [-0.4, -0.2) is 15.0 Å². The van der Waals surface area contributed by atoms with Crippen molar-refractivity contribution >= 4 is 11.0 Å². The molecule has 0 spiro atoms. The summed E-state index contributed by atoms with van der Waals surface area (Å²) in [6, 6.07) is 25.1. The second kappa shape index (κ2) is 6.31. The van der Waals surface area contributed by atoms with Crippen LogP contribution in [0.5, 0.6) is 0 Å². The summed E-state index contributed by atoms with van der Waals surface area (Å²) < 4.78 is 1.75. The van der Waals surface area contributed by atoms with Crippen LogP contribution in [0.4, 0.5) is 0 Å². The minimum absolute atomic E-state index is 0.614. The van der Waals surface area contributed by atoms with Crippen LogP contribution in [-0.2, 0) is 0 Å². The Morgan fingerprint density at radius 1 is 0.760 bits per heavy atom. The van der Waals surface area contributed by atoms with Gasteiger partial charge in [0.1, 0.15) is 5.52 Å². The molecule has 0 aliphatic rings. The van der Waals surface area contributed by atoms with E-state index in [4.69, 9.17) is 5.26 Å². The lowest BCUT2D eigenvalue weighted by molar-refractivity contribution is 0.824. The van der Waals surface area contributed by atoms with Crippen molar-refractivity contribution in [3.8, 4) is 23.6 Å². The first-order chi connectivity index (χ1) is 12.3. The highest BCUT2D eigenvalue weighted by Gasteiger charge is 2.07. The van der Waals surface area contributed by atoms with Crippen LogP contribution in [0, 0.1) is 23.2 Å². The monoisotopic (exact) mass is 320 g/mol. The number of benzene rings is 3. The van der Waals surface area contributed by atoms with Gasteiger partial charge in [-0.15, -0.1) is 5.10 Å². The maximum Gasteiger partial charge on any atom is 0.113 e. The Morgan fingerprint density at radius 3 is 2.24 bits per heavy atom. The van der Waals surface area contributed by atoms with E-state index in [-0.39, 0.29) is 0 Å². The largest absolute Gasteiger partial charge is 0.213 e. The predicted molar refractivity (Wildman–Crippen MR) is 96.0 cm³/mol. The third-order valence-electron chi connectivity index (χ3n) is 3.81. The Hall–Kier alpha value is -3.89. The van der Waals surface area contributed by atoms with Crippen LogP contribution in [0.25, 0.3) is 16.7 Å². The van der Waals surface area contributed by atoms with Gasteiger partial charge in [-0.2, -0.15) is 5.26 Å². The van der Waals surface area contributed by atoms with E-state index in [0.717, 1.165) is 27.8 Å². The number of nitriles is 1. The molecule has 0 fully saturated rings. The molecule has 0 amide bonds. The fourth-order valence-electron chi connectivity index (χ4n) is 2.53. The van der Waals surface area contributed by atoms with Gasteiger partial charge in [-0.3, -0.25) is 0 Å². The minimum Gasteiger partial charge on any atom is -0.213 e. The summed E-state index contributed by atoms with van der Waals surface area (Å²) in [5.41, 5.74) is 5.02. The maximum atomic E-state index is 8.92. The van der Waals surface area contributed by atoms with Crippen molar-refractivity contribution in [1.82, 2.24) is 15.0 Å². The molecule has 4 rings (SSSR count). The molecule has 4 nitrogen and oxygen atoms in total. The quantitative estimate of drug-likeness (QED) is 0.503. The first kappa shape index (κ1) is 14.7. The molecule has 0 N–H and O–H groups in total. The van der Waals surface area contributed by atoms with E-state index >= 15 is 0 Å². The van der Waals surface area contributed by atoms with E-state index in [1.54, 1.807) is 16.8 Å². The smallest absolute Gasteiger partial charge is 0.113 e. The fraction of sp³-hybridized carbons (Fsp3) is 0. The Labute approximate surface area is 145 Å². The Morgan fingerprint density at radius 2 is 1.48 bits per heavy atom. The van der Waals surface area contributed by atoms with Gasteiger partial charge in [-0.25, -0.2) is 4.68 Å². The van der Waals surface area contributed by atoms with Crippen molar-refractivity contribution in [3.05, 3.63) is 89.5 Å². The van der Waals surface area contributed by atoms with Crippen LogP contribution in [0.15, 0.2) is 72.8 Å². The standard InChI is InChI=1S/C21H12N4/c22-15-18-8-11-19(12-9-18)25-21-14-17(10-13-20(21)23-24-25)7-6-16-4-2-1-3-5-16/h1-5,8-14H. The summed E-state index contributed by atoms with van der Waals surface area (Å²) >= 11 is 0. The predicted octanol–water partition coefficient (Wildman–Crippen LogP) is 3.69. The molecule has 25 heavy (non-hydrogen) atoms. The normalized spacial score (nSPS) is 10.0. The maximum absolute atomic E-state index is 8.92. The molecule has 0 saturated heterocycles. The molecule has 0 radical (unpaired) electrons. The van der Waals surface area contributed by atoms with Gasteiger partial charge in [-0.1, -0.05) is 35.3 Å². The van der Waals surface area contributed by atoms with Gasteiger partial charge >= 0.3 is 0 Å². The average Bonchev–Trinajstić information content (AvgIpc) is 3.10. The highest BCUT2D eigenvalue weighted by Crippen LogP contribution is 2.18. The van der Waals surface area contributed by atoms with Gasteiger partial charge in [-0.05, 0) is 54.6 Å². The molecule has 4 aromatic rings. The van der Waals surface area contributed by atoms with Crippen molar-refractivity contribution in [2.45, 2.75) is 0 Å². The molecule has 1 heterocycles. The van der Waals surface area contributed by atoms with Crippen LogP contribution in [0.1, 0.15) is 16.7 Å². The molecule has 0 atom stereocenters. The lowest BCUT2D eigenvalue weighted by Gasteiger charge is -2.02. The van der Waals surface area contributed by atoms with Crippen molar-refractivity contribution in [1.29, 1.82) is 5.26 Å². The van der Waals surface area contributed by atoms with E-state index in [0.29, 0.717) is 5.56 Å². The van der Waals surface area contributed by atoms with E-state index < -0.39 is 0 Å². The van der Waals surface area contributed by atoms with Gasteiger partial charge in [0.25, 0.3) is 0 Å². The van der Waals surface area contributed by atoms with Crippen molar-refractivity contribution in [3.63, 3.8) is 0 Å². The summed E-state index contributed by atoms with van der Waals surface area (Å²) in [7, 11) is 0. The lowest BCUT2D eigenvalue weighted by Crippen LogP contribution is -1.96. The Kier molecular flexibility index (Phi) is 3.71. The number of fused-ring (bicyclic) bond motifs is 1. The molecule has 116 valence electrons. The first-order valence-corrected chi connectivity index (χ1v) is 7.76. The Bertz CT molecular complexity index is 1140. The Balaban J connectivity index is 1.75. The van der Waals surface area contributed by atoms with E-state index in [9.17, 15) is 0 Å². The SMILES string of the molecule is N#Cc1ccc(-n2nnc3ccc(C#Cc4ccccc4)cc32)cc1. The molecule has 0 bridgehead atoms. The summed E-state index contributed by atoms with van der Waals surface area (Å²) in [5, 5.41) is 17.3. The van der Waals surface area contributed by atoms with E-state index in [1.807, 2.05) is 60.7 Å². The zero-order valence-electron chi connectivity index (χ0n) is 13.2. The van der Waals surface area contributed by atoms with Crippen LogP contribution >= 0.6 is 0 Å². The number of rotatable bonds is 1. The van der Waals surface area contributed by atoms with Crippen LogP contribution in [0.2, 0.25) is 0 Å². The molecule has 0 aliphatic carbocycles. The number of nitrogens with zero attached hydrogens (tertiary/aromatic N) is 4. The van der Waals surface area contributed by atoms with E-state index in [2.05, 4.69) is 28.2 Å². The summed E-state index contributed by atoms with van der Waals surface area (Å²) in [4.78, 5) is 0. The highest BCUT2D eigenvalue weighted by atomic mass is 15.4. The third kappa shape index (κ3) is 2.97. The molecule has 0 unspecified atom stereocenters. The van der Waals surface area contributed by atoms with Gasteiger partial charge in [0, 0.05) is 11.1 Å². The number of aromatic nitrogens is 3. The average molecular weight is 320 g/mol. The number of hydrogen-bond acceptors (Lipinski definition) is 3. The second-order valence-electron chi connectivity index (χ2n) is 5.48. The van der Waals surface area contributed by atoms with Gasteiger partial charge < -0.3 is 0 Å². The summed E-state index contributed by atoms with van der Waals surface area (Å²) in [6.45, 7) is 0. The lowest BCUT2D eigenvalue weighted by atomic mass is 10.1. The van der Waals surface area contributed by atoms with Crippen LogP contribution < -0.4 is 0 Å². The molecule has 1 aromatic heterocycles. The first-order valence-electron chi connectivity index (χ1n) is 7.76. The minimum atomic E-state index is 0.614. The van der Waals surface area contributed by atoms with Gasteiger partial charge in [0.15, 0.2) is 0 Å². The molecule has 4 heteroatoms. The van der Waals surface area contributed by atoms with Gasteiger partial charge in [0.2, 0.25) is 0 Å². The molecule has 3 aromatic carbocycles. The molecule has 0 saturated carbocycles. The van der Waals surface area contributed by atoms with Crippen LogP contribution in [0.3, 0.4) is 0 Å². The fourth-order valence-corrected chi connectivity index (χ4v) is 2.53. The topological polar surface area (TPSA) is 54.5 Å². The highest BCUT2D eigenvalue weighted by molar-refractivity contribution is 5.78. The summed E-state index contributed by atoms with van der Waals surface area (Å²) in [5.74, 6) is 6.33. The van der Waals surface area contributed by atoms with E-state index in [1.165, 1.54) is 0 Å². The summed E-state index contributed by atoms with van der Waals surface area (Å²) in [6.07, 6.45) is 0. The van der Waals surface area contributed by atoms with Crippen molar-refractivity contribution in [2.24, 2.45) is 0 Å². The molecular formula is C21H12N4.